The van der Waals surface area contributed by atoms with Crippen LogP contribution in [0.2, 0.25) is 5.02 Å². The normalized spacial score (nSPS) is 15.0. The molecule has 32 nitrogen and oxygen atoms in total. The number of aromatic hydroxyl groups is 1. The number of aliphatic hydroxyl groups is 1. The zero-order valence-electron chi connectivity index (χ0n) is 57.8. The number of aliphatic hydroxyl groups excluding tert-OH is 1. The maximum Gasteiger partial charge on any atom is 0.312 e. The van der Waals surface area contributed by atoms with E-state index < -0.39 is 138 Å². The number of aliphatic carboxylic acids is 1. The molecule has 6 rings (SSSR count). The van der Waals surface area contributed by atoms with Crippen molar-refractivity contribution in [2.75, 3.05) is 26.2 Å². The van der Waals surface area contributed by atoms with Crippen LogP contribution in [0.1, 0.15) is 94.9 Å². The molecule has 2 heterocycles. The number of carbonyl (C=O) groups is 12. The number of likely N-dealkylation sites (tertiary alicyclic amines) is 1. The summed E-state index contributed by atoms with van der Waals surface area (Å²) in [5.41, 5.74) is 30.5. The predicted octanol–water partition coefficient (Wildman–Crippen LogP) is -0.802. The van der Waals surface area contributed by atoms with E-state index in [0.29, 0.717) is 28.1 Å². The number of carbonyl (C=O) groups excluding carboxylic acids is 11. The summed E-state index contributed by atoms with van der Waals surface area (Å²) >= 11 is 6.20. The number of primary amides is 2. The van der Waals surface area contributed by atoms with Crippen molar-refractivity contribution in [1.82, 2.24) is 57.7 Å². The molecule has 103 heavy (non-hydrogen) atoms. The van der Waals surface area contributed by atoms with E-state index in [1.807, 2.05) is 42.5 Å². The zero-order chi connectivity index (χ0) is 75.9. The lowest BCUT2D eigenvalue weighted by molar-refractivity contribution is -0.142. The molecule has 4 aromatic carbocycles. The Morgan fingerprint density at radius 2 is 1.10 bits per heavy atom. The topological polar surface area (TPSA) is 532 Å². The molecular formula is C70H94ClN17O15. The van der Waals surface area contributed by atoms with Crippen molar-refractivity contribution in [3.05, 3.63) is 143 Å². The maximum atomic E-state index is 14.8. The van der Waals surface area contributed by atoms with E-state index in [0.717, 1.165) is 23.3 Å². The fraction of sp³-hybridized carbons (Fsp3) is 0.429. The summed E-state index contributed by atoms with van der Waals surface area (Å²) in [7, 11) is 0. The summed E-state index contributed by atoms with van der Waals surface area (Å²) in [6.07, 6.45) is 2.97. The quantitative estimate of drug-likeness (QED) is 0.0131. The second-order valence-electron chi connectivity index (χ2n) is 25.2. The minimum Gasteiger partial charge on any atom is -0.508 e. The van der Waals surface area contributed by atoms with Crippen LogP contribution in [0.15, 0.2) is 121 Å². The summed E-state index contributed by atoms with van der Waals surface area (Å²) in [5.74, 6) is -9.91. The summed E-state index contributed by atoms with van der Waals surface area (Å²) in [4.78, 5) is 172. The van der Waals surface area contributed by atoms with Gasteiger partial charge >= 0.3 is 6.03 Å². The van der Waals surface area contributed by atoms with Crippen molar-refractivity contribution in [2.24, 2.45) is 39.6 Å². The van der Waals surface area contributed by atoms with Gasteiger partial charge in [0.2, 0.25) is 59.1 Å². The van der Waals surface area contributed by atoms with E-state index in [4.69, 9.17) is 50.2 Å². The highest BCUT2D eigenvalue weighted by molar-refractivity contribution is 6.30. The van der Waals surface area contributed by atoms with Gasteiger partial charge in [-0.05, 0) is 128 Å². The molecule has 12 amide bonds. The Labute approximate surface area is 600 Å². The second-order valence-corrected chi connectivity index (χ2v) is 25.7. The van der Waals surface area contributed by atoms with Gasteiger partial charge in [0.15, 0.2) is 5.96 Å². The fourth-order valence-electron chi connectivity index (χ4n) is 11.1. The van der Waals surface area contributed by atoms with Gasteiger partial charge in [0.25, 0.3) is 5.97 Å². The highest BCUT2D eigenvalue weighted by atomic mass is 35.5. The van der Waals surface area contributed by atoms with Crippen LogP contribution in [0, 0.1) is 5.92 Å². The number of rotatable bonds is 37. The van der Waals surface area contributed by atoms with Crippen molar-refractivity contribution in [3.8, 4) is 5.75 Å². The first-order valence-corrected chi connectivity index (χ1v) is 33.9. The van der Waals surface area contributed by atoms with E-state index in [-0.39, 0.29) is 101 Å². The number of nitrogens with two attached hydrogens (primary N) is 5. The first kappa shape index (κ1) is 82.7. The maximum absolute atomic E-state index is 14.8. The van der Waals surface area contributed by atoms with Gasteiger partial charge in [0, 0.05) is 63.2 Å². The van der Waals surface area contributed by atoms with Crippen LogP contribution in [0.4, 0.5) is 4.79 Å². The number of carboxylic acid groups (broad SMARTS) is 1. The number of nitrogens with zero attached hydrogens (tertiary/aromatic N) is 3. The molecule has 33 heteroatoms. The Balaban J connectivity index is 0.00000464. The fourth-order valence-corrected chi connectivity index (χ4v) is 11.2. The molecule has 1 aromatic heterocycles. The number of pyridine rings is 1. The summed E-state index contributed by atoms with van der Waals surface area (Å²) in [6.45, 7) is 5.04. The number of aromatic nitrogens is 1. The number of phenolic OH excluding ortho intramolecular Hbond substituents is 1. The van der Waals surface area contributed by atoms with E-state index in [1.54, 1.807) is 50.2 Å². The van der Waals surface area contributed by atoms with Crippen molar-refractivity contribution in [3.63, 3.8) is 0 Å². The van der Waals surface area contributed by atoms with Crippen molar-refractivity contribution in [1.29, 1.82) is 0 Å². The minimum absolute atomic E-state index is 0.00966. The van der Waals surface area contributed by atoms with E-state index in [2.05, 4.69) is 57.8 Å². The number of urea groups is 1. The molecule has 0 spiro atoms. The highest BCUT2D eigenvalue weighted by Gasteiger charge is 2.40. The number of fused-ring (bicyclic) bond motifs is 1. The average Bonchev–Trinajstić information content (AvgIpc) is 1.79. The van der Waals surface area contributed by atoms with E-state index >= 15 is 0 Å². The van der Waals surface area contributed by atoms with Crippen LogP contribution in [0.3, 0.4) is 0 Å². The third-order valence-corrected chi connectivity index (χ3v) is 16.6. The number of nitrogens with one attached hydrogen (secondary N) is 9. The first-order valence-electron chi connectivity index (χ1n) is 33.5. The molecule has 0 saturated carbocycles. The van der Waals surface area contributed by atoms with E-state index in [1.165, 1.54) is 48.5 Å². The van der Waals surface area contributed by atoms with Gasteiger partial charge in [-0.2, -0.15) is 0 Å². The summed E-state index contributed by atoms with van der Waals surface area (Å²) in [6, 6.07) is 14.1. The smallest absolute Gasteiger partial charge is 0.312 e. The van der Waals surface area contributed by atoms with Gasteiger partial charge in [-0.25, -0.2) is 4.79 Å². The molecule has 556 valence electrons. The van der Waals surface area contributed by atoms with Crippen molar-refractivity contribution < 1.29 is 72.9 Å². The molecule has 10 atom stereocenters. The molecule has 5 aromatic rings. The molecule has 22 N–H and O–H groups in total. The SMILES string of the molecule is CC(=O)O.CC(C)C[C@H](NC(=O)[C@@H](CCCNC(N)=O)NC(=O)[C@H](Cc1ccc(O)cc1)NC(=O)[C@H](CO)NC(=O)[C@@H](Cc1cccnc1)NC(=O)[C@@H](Cc1ccc(Cl)cc1)NC(=O)[C@H](N)Cc1ccc2ccccc2c1)C(=O)N[C@@H](CCCN=C(N)N)C(=O)N1CCC[C@H]1C(=O)N[C@H](C)C(N)=O. The first-order chi connectivity index (χ1) is 48.9. The van der Waals surface area contributed by atoms with Gasteiger partial charge in [-0.3, -0.25) is 62.7 Å². The lowest BCUT2D eigenvalue weighted by atomic mass is 10.00. The standard InChI is InChI=1S/C68H90ClN17O13.C2H4O2/c1-38(2)30-51(60(92)80-50(14-8-27-76-67(72)73)66(98)86-29-9-15-56(86)65(97)78-39(3)57(71)89)82-59(91)49(13-7-28-77-68(74)99)79-61(93)53(34-41-19-24-47(88)25-20-41)84-64(96)55(37-87)85-63(95)54(35-43-10-6-26-75-36-43)83-62(94)52(33-40-17-22-46(69)23-18-40)81-58(90)48(70)32-42-16-21-44-11-4-5-12-45(44)31-42;1-2(3)4/h4-6,10-12,16-26,31,36,38-39,48-56,87-88H,7-9,13-15,27-30,32-35,37,70H2,1-3H3,(H2,71,89)(H,78,97)(H,79,93)(H,80,92)(H,81,90)(H,82,91)(H,83,94)(H,84,96)(H,85,95)(H4,72,73,76)(H3,74,77,99);1H3,(H,3,4)/t39-,48-,49-,50+,51+,52-,53+,54-,55+,56+;/m1./s1. The van der Waals surface area contributed by atoms with Crippen LogP contribution < -0.4 is 76.5 Å². The number of guanidine groups is 1. The number of phenols is 1. The molecular weight excluding hydrogens is 1350 g/mol. The van der Waals surface area contributed by atoms with Gasteiger partial charge in [-0.1, -0.05) is 98.2 Å². The number of hydrogen-bond acceptors (Lipinski definition) is 17. The third-order valence-electron chi connectivity index (χ3n) is 16.3. The van der Waals surface area contributed by atoms with Crippen molar-refractivity contribution >= 4 is 99.4 Å². The molecule has 1 aliphatic heterocycles. The van der Waals surface area contributed by atoms with Gasteiger partial charge in [0.1, 0.15) is 60.1 Å². The lowest BCUT2D eigenvalue weighted by Crippen LogP contribution is -2.61. The molecule has 0 radical (unpaired) electrons. The molecule has 0 aliphatic carbocycles. The molecule has 0 bridgehead atoms. The Morgan fingerprint density at radius 1 is 0.592 bits per heavy atom. The largest absolute Gasteiger partial charge is 0.508 e. The third kappa shape index (κ3) is 28.5. The highest BCUT2D eigenvalue weighted by Crippen LogP contribution is 2.22. The molecule has 1 fully saturated rings. The number of hydrogen-bond donors (Lipinski definition) is 17. The molecule has 1 saturated heterocycles. The van der Waals surface area contributed by atoms with Gasteiger partial charge in [0.05, 0.1) is 12.6 Å². The Kier molecular flexibility index (Phi) is 33.5. The molecule has 0 unspecified atom stereocenters. The van der Waals surface area contributed by atoms with Gasteiger partial charge < -0.3 is 96.7 Å². The van der Waals surface area contributed by atoms with Crippen LogP contribution in [-0.2, 0) is 78.4 Å². The van der Waals surface area contributed by atoms with E-state index in [9.17, 15) is 63.0 Å². The summed E-state index contributed by atoms with van der Waals surface area (Å²) < 4.78 is 0. The van der Waals surface area contributed by atoms with Crippen LogP contribution in [0.5, 0.6) is 5.75 Å². The number of aliphatic imine (C=N–C) groups is 1. The number of carboxylic acids is 1. The zero-order valence-corrected chi connectivity index (χ0v) is 58.5. The number of halogens is 1. The Morgan fingerprint density at radius 3 is 1.66 bits per heavy atom. The minimum atomic E-state index is -1.82. The Hall–Kier alpha value is -11.0. The number of amides is 12. The monoisotopic (exact) mass is 1450 g/mol. The number of benzene rings is 4. The van der Waals surface area contributed by atoms with Crippen LogP contribution >= 0.6 is 11.6 Å². The van der Waals surface area contributed by atoms with Crippen LogP contribution in [0.25, 0.3) is 10.8 Å². The average molecular weight is 1450 g/mol. The van der Waals surface area contributed by atoms with Crippen LogP contribution in [-0.4, -0.2) is 189 Å². The lowest BCUT2D eigenvalue weighted by Gasteiger charge is -2.31. The Bertz CT molecular complexity index is 3750. The second kappa shape index (κ2) is 41.7. The molecule has 1 aliphatic rings. The van der Waals surface area contributed by atoms with Gasteiger partial charge in [-0.15, -0.1) is 0 Å². The van der Waals surface area contributed by atoms with Crippen molar-refractivity contribution in [2.45, 2.75) is 159 Å². The predicted molar refractivity (Wildman–Crippen MR) is 382 cm³/mol. The summed E-state index contributed by atoms with van der Waals surface area (Å²) in [5, 5.41) is 54.3.